The molecule has 1 aliphatic rings. The number of para-hydroxylation sites is 1. The van der Waals surface area contributed by atoms with E-state index in [9.17, 15) is 0 Å². The van der Waals surface area contributed by atoms with Crippen LogP contribution in [0.5, 0.6) is 5.75 Å². The fourth-order valence-electron chi connectivity index (χ4n) is 4.30. The zero-order valence-corrected chi connectivity index (χ0v) is 20.6. The molecule has 0 bridgehead atoms. The number of ether oxygens (including phenoxy) is 2. The number of aryl methyl sites for hydroxylation is 2. The molecule has 186 valence electrons. The average molecular weight is 488 g/mol. The highest BCUT2D eigenvalue weighted by Crippen LogP contribution is 2.36. The van der Waals surface area contributed by atoms with Crippen LogP contribution in [0.15, 0.2) is 43.0 Å². The molecule has 11 nitrogen and oxygen atoms in total. The minimum absolute atomic E-state index is 0.457. The van der Waals surface area contributed by atoms with E-state index in [0.29, 0.717) is 40.8 Å². The Bertz CT molecular complexity index is 1310. The number of anilines is 4. The Morgan fingerprint density at radius 3 is 2.69 bits per heavy atom. The maximum Gasteiger partial charge on any atom is 0.184 e. The minimum atomic E-state index is 0.457. The fraction of sp³-hybridized carbons (Fsp3) is 0.360. The summed E-state index contributed by atoms with van der Waals surface area (Å²) < 4.78 is 13.2. The summed E-state index contributed by atoms with van der Waals surface area (Å²) >= 11 is 0. The van der Waals surface area contributed by atoms with Gasteiger partial charge in [0.1, 0.15) is 35.9 Å². The molecule has 5 rings (SSSR count). The van der Waals surface area contributed by atoms with Gasteiger partial charge in [-0.25, -0.2) is 24.9 Å². The molecular weight excluding hydrogens is 458 g/mol. The molecule has 2 N–H and O–H groups in total. The van der Waals surface area contributed by atoms with E-state index in [2.05, 4.69) is 35.6 Å². The smallest absolute Gasteiger partial charge is 0.184 e. The highest BCUT2D eigenvalue weighted by molar-refractivity contribution is 5.77. The molecule has 0 amide bonds. The third-order valence-electron chi connectivity index (χ3n) is 5.85. The van der Waals surface area contributed by atoms with E-state index in [1.165, 1.54) is 6.33 Å². The predicted octanol–water partition coefficient (Wildman–Crippen LogP) is 4.06. The van der Waals surface area contributed by atoms with Crippen LogP contribution in [-0.4, -0.2) is 55.0 Å². The topological polar surface area (TPSA) is 125 Å². The molecule has 11 heteroatoms. The van der Waals surface area contributed by atoms with Gasteiger partial charge in [-0.2, -0.15) is 5.10 Å². The van der Waals surface area contributed by atoms with Crippen LogP contribution in [-0.2, 0) is 11.3 Å². The third-order valence-corrected chi connectivity index (χ3v) is 5.85. The summed E-state index contributed by atoms with van der Waals surface area (Å²) in [5.41, 5.74) is 2.41. The molecule has 4 heterocycles. The van der Waals surface area contributed by atoms with Crippen molar-refractivity contribution in [2.45, 2.75) is 33.2 Å². The lowest BCUT2D eigenvalue weighted by Crippen LogP contribution is -2.22. The summed E-state index contributed by atoms with van der Waals surface area (Å²) in [5, 5.41) is 11.2. The number of aromatic nitrogens is 7. The Kier molecular flexibility index (Phi) is 6.99. The van der Waals surface area contributed by atoms with Crippen molar-refractivity contribution in [1.82, 2.24) is 34.7 Å². The van der Waals surface area contributed by atoms with E-state index in [4.69, 9.17) is 14.6 Å². The van der Waals surface area contributed by atoms with Gasteiger partial charge in [0.2, 0.25) is 0 Å². The van der Waals surface area contributed by atoms with Crippen LogP contribution in [0.3, 0.4) is 0 Å². The Balaban J connectivity index is 1.35. The number of methoxy groups -OCH3 is 1. The van der Waals surface area contributed by atoms with E-state index in [-0.39, 0.29) is 0 Å². The Morgan fingerprint density at radius 1 is 1.06 bits per heavy atom. The van der Waals surface area contributed by atoms with Crippen LogP contribution in [0, 0.1) is 19.8 Å². The quantitative estimate of drug-likeness (QED) is 0.376. The van der Waals surface area contributed by atoms with Crippen molar-refractivity contribution in [3.05, 3.63) is 54.5 Å². The lowest BCUT2D eigenvalue weighted by molar-refractivity contribution is 0.0470. The monoisotopic (exact) mass is 487 g/mol. The van der Waals surface area contributed by atoms with Gasteiger partial charge >= 0.3 is 0 Å². The normalized spacial score (nSPS) is 15.5. The minimum Gasteiger partial charge on any atom is -0.494 e. The molecule has 0 saturated carbocycles. The SMILES string of the molecule is COc1c(Nc2cc(Nc3cc(C)nc(C)n3)ncn2)cccc1-c1ncn(CC2CCCOC2)n1. The number of hydrogen-bond acceptors (Lipinski definition) is 10. The fourth-order valence-corrected chi connectivity index (χ4v) is 4.30. The number of benzene rings is 1. The first-order valence-electron chi connectivity index (χ1n) is 11.9. The van der Waals surface area contributed by atoms with Crippen LogP contribution in [0.1, 0.15) is 24.4 Å². The van der Waals surface area contributed by atoms with Crippen molar-refractivity contribution in [2.24, 2.45) is 5.92 Å². The van der Waals surface area contributed by atoms with E-state index >= 15 is 0 Å². The van der Waals surface area contributed by atoms with Crippen LogP contribution in [0.4, 0.5) is 23.1 Å². The van der Waals surface area contributed by atoms with Crippen molar-refractivity contribution in [3.63, 3.8) is 0 Å². The van der Waals surface area contributed by atoms with Gasteiger partial charge in [-0.15, -0.1) is 0 Å². The lowest BCUT2D eigenvalue weighted by Gasteiger charge is -2.21. The third kappa shape index (κ3) is 5.57. The van der Waals surface area contributed by atoms with E-state index in [0.717, 1.165) is 49.5 Å². The maximum absolute atomic E-state index is 5.77. The molecule has 3 aromatic heterocycles. The summed E-state index contributed by atoms with van der Waals surface area (Å²) in [5.74, 6) is 4.26. The second-order valence-corrected chi connectivity index (χ2v) is 8.74. The van der Waals surface area contributed by atoms with Gasteiger partial charge in [0.25, 0.3) is 0 Å². The van der Waals surface area contributed by atoms with Gasteiger partial charge in [-0.1, -0.05) is 6.07 Å². The molecule has 1 aromatic carbocycles. The van der Waals surface area contributed by atoms with Crippen molar-refractivity contribution >= 4 is 23.1 Å². The van der Waals surface area contributed by atoms with Gasteiger partial charge in [0.15, 0.2) is 11.6 Å². The van der Waals surface area contributed by atoms with Crippen LogP contribution in [0.2, 0.25) is 0 Å². The van der Waals surface area contributed by atoms with Crippen molar-refractivity contribution in [1.29, 1.82) is 0 Å². The Morgan fingerprint density at radius 2 is 1.92 bits per heavy atom. The van der Waals surface area contributed by atoms with Crippen molar-refractivity contribution in [2.75, 3.05) is 31.0 Å². The summed E-state index contributed by atoms with van der Waals surface area (Å²) in [4.78, 5) is 21.9. The van der Waals surface area contributed by atoms with Crippen LogP contribution in [0.25, 0.3) is 11.4 Å². The molecule has 1 fully saturated rings. The second kappa shape index (κ2) is 10.6. The number of nitrogens with zero attached hydrogens (tertiary/aromatic N) is 7. The van der Waals surface area contributed by atoms with Gasteiger partial charge < -0.3 is 20.1 Å². The zero-order valence-electron chi connectivity index (χ0n) is 20.6. The molecule has 4 aromatic rings. The summed E-state index contributed by atoms with van der Waals surface area (Å²) in [6.45, 7) is 6.18. The van der Waals surface area contributed by atoms with Gasteiger partial charge in [-0.3, -0.25) is 4.68 Å². The van der Waals surface area contributed by atoms with Crippen molar-refractivity contribution < 1.29 is 9.47 Å². The molecular formula is C25H29N9O2. The number of hydrogen-bond donors (Lipinski definition) is 2. The second-order valence-electron chi connectivity index (χ2n) is 8.74. The molecule has 1 atom stereocenters. The first-order valence-corrected chi connectivity index (χ1v) is 11.9. The highest BCUT2D eigenvalue weighted by Gasteiger charge is 2.18. The largest absolute Gasteiger partial charge is 0.494 e. The molecule has 0 spiro atoms. The van der Waals surface area contributed by atoms with Crippen LogP contribution >= 0.6 is 0 Å². The Hall–Kier alpha value is -4.12. The molecule has 1 saturated heterocycles. The summed E-state index contributed by atoms with van der Waals surface area (Å²) in [6, 6.07) is 9.47. The molecule has 0 aliphatic carbocycles. The predicted molar refractivity (Wildman–Crippen MR) is 136 cm³/mol. The maximum atomic E-state index is 5.77. The first-order chi connectivity index (χ1) is 17.6. The first kappa shape index (κ1) is 23.6. The van der Waals surface area contributed by atoms with Gasteiger partial charge in [-0.05, 0) is 38.8 Å². The van der Waals surface area contributed by atoms with Gasteiger partial charge in [0.05, 0.1) is 25.0 Å². The Labute approximate surface area is 209 Å². The molecule has 1 unspecified atom stereocenters. The lowest BCUT2D eigenvalue weighted by atomic mass is 10.0. The van der Waals surface area contributed by atoms with Crippen LogP contribution < -0.4 is 15.4 Å². The van der Waals surface area contributed by atoms with E-state index < -0.39 is 0 Å². The van der Waals surface area contributed by atoms with E-state index in [1.807, 2.05) is 42.8 Å². The van der Waals surface area contributed by atoms with Crippen molar-refractivity contribution in [3.8, 4) is 17.1 Å². The standard InChI is InChI=1S/C25H29N9O2/c1-16-10-23(30-17(2)29-16)32-22-11-21(26-14-27-22)31-20-8-4-7-19(24(20)35-3)25-28-15-34(33-25)12-18-6-5-9-36-13-18/h4,7-8,10-11,14-15,18H,5-6,9,12-13H2,1-3H3,(H2,26,27,29,30,31,32). The molecule has 36 heavy (non-hydrogen) atoms. The summed E-state index contributed by atoms with van der Waals surface area (Å²) in [7, 11) is 1.63. The number of rotatable bonds is 8. The molecule has 0 radical (unpaired) electrons. The average Bonchev–Trinajstić information content (AvgIpc) is 3.32. The summed E-state index contributed by atoms with van der Waals surface area (Å²) in [6.07, 6.45) is 5.49. The zero-order chi connectivity index (χ0) is 24.9. The van der Waals surface area contributed by atoms with Gasteiger partial charge in [0, 0.05) is 36.9 Å². The highest BCUT2D eigenvalue weighted by atomic mass is 16.5. The van der Waals surface area contributed by atoms with E-state index in [1.54, 1.807) is 19.5 Å². The number of nitrogens with one attached hydrogen (secondary N) is 2. The molecule has 1 aliphatic heterocycles.